The summed E-state index contributed by atoms with van der Waals surface area (Å²) in [4.78, 5) is 7.91. The molecule has 3 rings (SSSR count). The fourth-order valence-electron chi connectivity index (χ4n) is 2.25. The highest BCUT2D eigenvalue weighted by atomic mass is 79.9. The van der Waals surface area contributed by atoms with Crippen LogP contribution < -0.4 is 4.34 Å². The molecule has 3 aromatic rings. The molecule has 2 aromatic heterocycles. The van der Waals surface area contributed by atoms with Crippen LogP contribution in [0.25, 0.3) is 22.6 Å². The lowest BCUT2D eigenvalue weighted by atomic mass is 10.2. The molecule has 0 spiro atoms. The van der Waals surface area contributed by atoms with Crippen LogP contribution in [0.5, 0.6) is 0 Å². The van der Waals surface area contributed by atoms with E-state index in [0.717, 1.165) is 12.3 Å². The number of nitrogens with one attached hydrogen (secondary N) is 1. The molecule has 23 heavy (non-hydrogen) atoms. The SMILES string of the molecule is Cn1c(-c2cccc(NBr)c2F)nc2cc(C(F)(F)F)cnc21. The maximum atomic E-state index is 14.4. The summed E-state index contributed by atoms with van der Waals surface area (Å²) in [7, 11) is 1.57. The minimum atomic E-state index is -4.51. The van der Waals surface area contributed by atoms with Crippen molar-refractivity contribution in [1.29, 1.82) is 0 Å². The Morgan fingerprint density at radius 3 is 2.65 bits per heavy atom. The van der Waals surface area contributed by atoms with Gasteiger partial charge in [0.2, 0.25) is 0 Å². The predicted octanol–water partition coefficient (Wildman–Crippen LogP) is 4.52. The van der Waals surface area contributed by atoms with Crippen LogP contribution in [0.2, 0.25) is 0 Å². The summed E-state index contributed by atoms with van der Waals surface area (Å²) < 4.78 is 56.6. The van der Waals surface area contributed by atoms with E-state index in [0.29, 0.717) is 0 Å². The average Bonchev–Trinajstić information content (AvgIpc) is 2.83. The molecule has 0 amide bonds. The van der Waals surface area contributed by atoms with Crippen molar-refractivity contribution < 1.29 is 17.6 Å². The Labute approximate surface area is 136 Å². The third-order valence-corrected chi connectivity index (χ3v) is 3.80. The first-order valence-electron chi connectivity index (χ1n) is 6.38. The second-order valence-electron chi connectivity index (χ2n) is 4.82. The number of halogens is 5. The Morgan fingerprint density at radius 2 is 2.00 bits per heavy atom. The molecule has 0 saturated heterocycles. The lowest BCUT2D eigenvalue weighted by molar-refractivity contribution is -0.137. The molecule has 0 atom stereocenters. The van der Waals surface area contributed by atoms with Gasteiger partial charge in [-0.25, -0.2) is 14.4 Å². The number of anilines is 1. The van der Waals surface area contributed by atoms with E-state index in [1.165, 1.54) is 16.7 Å². The number of fused-ring (bicyclic) bond motifs is 1. The number of nitrogens with zero attached hydrogens (tertiary/aromatic N) is 3. The van der Waals surface area contributed by atoms with E-state index >= 15 is 0 Å². The van der Waals surface area contributed by atoms with Crippen molar-refractivity contribution in [2.75, 3.05) is 4.34 Å². The Balaban J connectivity index is 2.22. The van der Waals surface area contributed by atoms with E-state index < -0.39 is 17.6 Å². The number of imidazole rings is 1. The summed E-state index contributed by atoms with van der Waals surface area (Å²) in [6.07, 6.45) is -3.77. The zero-order chi connectivity index (χ0) is 16.8. The quantitative estimate of drug-likeness (QED) is 0.518. The normalized spacial score (nSPS) is 11.9. The van der Waals surface area contributed by atoms with E-state index in [1.54, 1.807) is 13.1 Å². The third kappa shape index (κ3) is 2.65. The van der Waals surface area contributed by atoms with Gasteiger partial charge in [0.05, 0.1) is 16.8 Å². The van der Waals surface area contributed by atoms with Crippen molar-refractivity contribution in [2.45, 2.75) is 6.18 Å². The molecular formula is C14H9BrF4N4. The largest absolute Gasteiger partial charge is 0.417 e. The lowest BCUT2D eigenvalue weighted by Gasteiger charge is -2.07. The van der Waals surface area contributed by atoms with Gasteiger partial charge < -0.3 is 8.91 Å². The standard InChI is InChI=1S/C14H9BrF4N4/c1-23-12(8-3-2-4-9(22-15)11(8)16)21-10-5-7(14(17,18)19)6-20-13(10)23/h2-6,22H,1H3. The van der Waals surface area contributed by atoms with Crippen LogP contribution in [0.4, 0.5) is 23.2 Å². The molecule has 0 aliphatic carbocycles. The van der Waals surface area contributed by atoms with Crippen LogP contribution in [-0.2, 0) is 13.2 Å². The van der Waals surface area contributed by atoms with Gasteiger partial charge in [-0.05, 0) is 18.2 Å². The van der Waals surface area contributed by atoms with E-state index in [2.05, 4.69) is 30.5 Å². The van der Waals surface area contributed by atoms with Gasteiger partial charge in [-0.15, -0.1) is 0 Å². The first-order chi connectivity index (χ1) is 10.8. The minimum absolute atomic E-state index is 0.0499. The van der Waals surface area contributed by atoms with Gasteiger partial charge in [0.15, 0.2) is 11.5 Å². The average molecular weight is 389 g/mol. The van der Waals surface area contributed by atoms with Gasteiger partial charge >= 0.3 is 6.18 Å². The molecule has 0 unspecified atom stereocenters. The minimum Gasteiger partial charge on any atom is -0.320 e. The Hall–Kier alpha value is -2.16. The number of rotatable bonds is 2. The summed E-state index contributed by atoms with van der Waals surface area (Å²) in [6, 6.07) is 5.51. The number of aryl methyl sites for hydroxylation is 1. The van der Waals surface area contributed by atoms with Gasteiger partial charge in [-0.3, -0.25) is 0 Å². The van der Waals surface area contributed by atoms with E-state index in [9.17, 15) is 17.6 Å². The summed E-state index contributed by atoms with van der Waals surface area (Å²) in [5, 5.41) is 0. The van der Waals surface area contributed by atoms with Crippen molar-refractivity contribution in [3.8, 4) is 11.4 Å². The highest BCUT2D eigenvalue weighted by molar-refractivity contribution is 9.10. The third-order valence-electron chi connectivity index (χ3n) is 3.38. The molecule has 1 N–H and O–H groups in total. The van der Waals surface area contributed by atoms with Gasteiger partial charge in [-0.2, -0.15) is 13.2 Å². The number of hydrogen-bond acceptors (Lipinski definition) is 3. The monoisotopic (exact) mass is 388 g/mol. The lowest BCUT2D eigenvalue weighted by Crippen LogP contribution is -2.05. The van der Waals surface area contributed by atoms with Crippen molar-refractivity contribution in [1.82, 2.24) is 14.5 Å². The zero-order valence-electron chi connectivity index (χ0n) is 11.6. The van der Waals surface area contributed by atoms with Crippen LogP contribution in [0.3, 0.4) is 0 Å². The fourth-order valence-corrected chi connectivity index (χ4v) is 2.56. The predicted molar refractivity (Wildman–Crippen MR) is 81.5 cm³/mol. The highest BCUT2D eigenvalue weighted by Gasteiger charge is 2.31. The number of benzene rings is 1. The molecule has 1 aromatic carbocycles. The first kappa shape index (κ1) is 15.7. The summed E-state index contributed by atoms with van der Waals surface area (Å²) in [5.74, 6) is -0.382. The maximum Gasteiger partial charge on any atom is 0.417 e. The second kappa shape index (κ2) is 5.48. The van der Waals surface area contributed by atoms with Crippen LogP contribution in [0.15, 0.2) is 30.5 Å². The van der Waals surface area contributed by atoms with Crippen LogP contribution >= 0.6 is 16.1 Å². The summed E-state index contributed by atoms with van der Waals surface area (Å²) >= 11 is 2.95. The topological polar surface area (TPSA) is 42.7 Å². The van der Waals surface area contributed by atoms with Gasteiger partial charge in [0.25, 0.3) is 0 Å². The van der Waals surface area contributed by atoms with E-state index in [4.69, 9.17) is 0 Å². The molecule has 0 aliphatic heterocycles. The van der Waals surface area contributed by atoms with Gasteiger partial charge in [0, 0.05) is 29.4 Å². The molecule has 0 saturated carbocycles. The molecule has 9 heteroatoms. The van der Waals surface area contributed by atoms with Crippen LogP contribution in [0.1, 0.15) is 5.56 Å². The number of aromatic nitrogens is 3. The Bertz CT molecular complexity index is 888. The summed E-state index contributed by atoms with van der Waals surface area (Å²) in [5.41, 5.74) is -0.258. The zero-order valence-corrected chi connectivity index (χ0v) is 13.2. The number of hydrogen-bond donors (Lipinski definition) is 1. The van der Waals surface area contributed by atoms with Crippen molar-refractivity contribution >= 4 is 33.0 Å². The van der Waals surface area contributed by atoms with Gasteiger partial charge in [-0.1, -0.05) is 6.07 Å². The molecule has 120 valence electrons. The molecule has 0 radical (unpaired) electrons. The maximum absolute atomic E-state index is 14.4. The van der Waals surface area contributed by atoms with Crippen molar-refractivity contribution in [3.63, 3.8) is 0 Å². The van der Waals surface area contributed by atoms with Crippen LogP contribution in [0, 0.1) is 5.82 Å². The molecule has 2 heterocycles. The molecule has 0 fully saturated rings. The molecular weight excluding hydrogens is 380 g/mol. The highest BCUT2D eigenvalue weighted by Crippen LogP contribution is 2.33. The smallest absolute Gasteiger partial charge is 0.320 e. The first-order valence-corrected chi connectivity index (χ1v) is 7.17. The molecule has 4 nitrogen and oxygen atoms in total. The summed E-state index contributed by atoms with van der Waals surface area (Å²) in [6.45, 7) is 0. The molecule has 0 bridgehead atoms. The number of alkyl halides is 3. The van der Waals surface area contributed by atoms with Gasteiger partial charge in [0.1, 0.15) is 11.3 Å². The Kier molecular flexibility index (Phi) is 3.75. The molecule has 0 aliphatic rings. The van der Waals surface area contributed by atoms with E-state index in [1.807, 2.05) is 0 Å². The second-order valence-corrected chi connectivity index (χ2v) is 5.22. The number of pyridine rings is 1. The van der Waals surface area contributed by atoms with Crippen LogP contribution in [-0.4, -0.2) is 14.5 Å². The fraction of sp³-hybridized carbons (Fsp3) is 0.143. The van der Waals surface area contributed by atoms with Crippen molar-refractivity contribution in [3.05, 3.63) is 41.8 Å². The van der Waals surface area contributed by atoms with E-state index in [-0.39, 0.29) is 28.2 Å². The Morgan fingerprint density at radius 1 is 1.26 bits per heavy atom. The van der Waals surface area contributed by atoms with Crippen molar-refractivity contribution in [2.24, 2.45) is 7.05 Å².